The van der Waals surface area contributed by atoms with E-state index in [9.17, 15) is 8.42 Å². The minimum atomic E-state index is -3.88. The Bertz CT molecular complexity index is 1100. The summed E-state index contributed by atoms with van der Waals surface area (Å²) in [7, 11) is -2.32. The largest absolute Gasteiger partial charge is 0.496 e. The van der Waals surface area contributed by atoms with E-state index < -0.39 is 10.0 Å². The van der Waals surface area contributed by atoms with Crippen molar-refractivity contribution in [1.82, 2.24) is 9.19 Å². The van der Waals surface area contributed by atoms with Crippen LogP contribution in [-0.4, -0.2) is 24.7 Å². The predicted molar refractivity (Wildman–Crippen MR) is 113 cm³/mol. The quantitative estimate of drug-likeness (QED) is 0.671. The van der Waals surface area contributed by atoms with Gasteiger partial charge < -0.3 is 10.5 Å². The maximum Gasteiger partial charge on any atom is 0.284 e. The van der Waals surface area contributed by atoms with Gasteiger partial charge in [-0.15, -0.1) is 4.09 Å². The highest BCUT2D eigenvalue weighted by Gasteiger charge is 2.24. The normalized spacial score (nSPS) is 15.3. The van der Waals surface area contributed by atoms with Gasteiger partial charge in [0, 0.05) is 11.6 Å². The summed E-state index contributed by atoms with van der Waals surface area (Å²) >= 11 is 0. The lowest BCUT2D eigenvalue weighted by Gasteiger charge is -2.22. The number of nitrogens with zero attached hydrogens (tertiary/aromatic N) is 2. The average Bonchev–Trinajstić information content (AvgIpc) is 3.16. The molecule has 6 nitrogen and oxygen atoms in total. The molecule has 152 valence electrons. The second kappa shape index (κ2) is 7.91. The Balaban J connectivity index is 1.66. The molecular formula is C22H25N3O3S. The molecule has 1 saturated carbocycles. The molecule has 7 heteroatoms. The van der Waals surface area contributed by atoms with E-state index in [1.54, 1.807) is 31.4 Å². The Hall–Kier alpha value is -2.80. The molecule has 0 atom stereocenters. The van der Waals surface area contributed by atoms with E-state index in [-0.39, 0.29) is 10.7 Å². The van der Waals surface area contributed by atoms with Crippen molar-refractivity contribution in [2.24, 2.45) is 0 Å². The lowest BCUT2D eigenvalue weighted by Crippen LogP contribution is -2.17. The van der Waals surface area contributed by atoms with Crippen LogP contribution in [0.15, 0.2) is 59.5 Å². The standard InChI is InChI=1S/C22H25N3O3S/c1-28-21-10-6-5-9-19(21)20-15-22(23)25(24-20)29(26,27)18-13-11-17(12-14-18)16-7-3-2-4-8-16/h5-6,9-16H,2-4,7-8,23H2,1H3. The lowest BCUT2D eigenvalue weighted by molar-refractivity contribution is 0.416. The molecule has 1 heterocycles. The Morgan fingerprint density at radius 3 is 2.41 bits per heavy atom. The molecule has 1 aliphatic rings. The Kier molecular flexibility index (Phi) is 5.32. The zero-order valence-corrected chi connectivity index (χ0v) is 17.2. The van der Waals surface area contributed by atoms with Gasteiger partial charge in [0.1, 0.15) is 11.6 Å². The first-order valence-electron chi connectivity index (χ1n) is 9.85. The summed E-state index contributed by atoms with van der Waals surface area (Å²) in [6, 6.07) is 16.0. The Morgan fingerprint density at radius 1 is 1.03 bits per heavy atom. The van der Waals surface area contributed by atoms with E-state index in [0.29, 0.717) is 22.9 Å². The van der Waals surface area contributed by atoms with Gasteiger partial charge in [-0.25, -0.2) is 0 Å². The highest BCUT2D eigenvalue weighted by molar-refractivity contribution is 7.90. The lowest BCUT2D eigenvalue weighted by atomic mass is 9.84. The third kappa shape index (κ3) is 3.74. The molecule has 0 saturated heterocycles. The van der Waals surface area contributed by atoms with Crippen LogP contribution in [0.4, 0.5) is 5.82 Å². The number of hydrogen-bond donors (Lipinski definition) is 1. The van der Waals surface area contributed by atoms with Crippen LogP contribution < -0.4 is 10.5 Å². The summed E-state index contributed by atoms with van der Waals surface area (Å²) < 4.78 is 32.5. The number of hydrogen-bond acceptors (Lipinski definition) is 5. The number of para-hydroxylation sites is 1. The van der Waals surface area contributed by atoms with Crippen molar-refractivity contribution in [2.75, 3.05) is 12.8 Å². The van der Waals surface area contributed by atoms with Crippen LogP contribution in [0.1, 0.15) is 43.6 Å². The van der Waals surface area contributed by atoms with E-state index in [0.717, 1.165) is 4.09 Å². The summed E-state index contributed by atoms with van der Waals surface area (Å²) in [5.74, 6) is 1.18. The average molecular weight is 412 g/mol. The van der Waals surface area contributed by atoms with Gasteiger partial charge in [0.05, 0.1) is 17.7 Å². The number of ether oxygens (including phenoxy) is 1. The van der Waals surface area contributed by atoms with Gasteiger partial charge in [0.15, 0.2) is 0 Å². The topological polar surface area (TPSA) is 87.2 Å². The summed E-state index contributed by atoms with van der Waals surface area (Å²) in [6.45, 7) is 0. The van der Waals surface area contributed by atoms with Gasteiger partial charge >= 0.3 is 0 Å². The molecule has 0 radical (unpaired) electrons. The molecule has 3 aromatic rings. The Labute approximate surface area is 171 Å². The van der Waals surface area contributed by atoms with Gasteiger partial charge in [-0.1, -0.05) is 43.5 Å². The van der Waals surface area contributed by atoms with Gasteiger partial charge in [-0.2, -0.15) is 13.5 Å². The maximum atomic E-state index is 13.1. The molecule has 0 bridgehead atoms. The number of anilines is 1. The fourth-order valence-electron chi connectivity index (χ4n) is 4.01. The number of methoxy groups -OCH3 is 1. The second-order valence-corrected chi connectivity index (χ2v) is 9.17. The van der Waals surface area contributed by atoms with Crippen LogP contribution in [0.5, 0.6) is 5.75 Å². The molecule has 0 aliphatic heterocycles. The van der Waals surface area contributed by atoms with Crippen LogP contribution >= 0.6 is 0 Å². The molecule has 2 N–H and O–H groups in total. The first-order valence-corrected chi connectivity index (χ1v) is 11.3. The zero-order chi connectivity index (χ0) is 20.4. The monoisotopic (exact) mass is 411 g/mol. The highest BCUT2D eigenvalue weighted by atomic mass is 32.2. The highest BCUT2D eigenvalue weighted by Crippen LogP contribution is 2.34. The molecule has 0 amide bonds. The molecule has 1 aromatic heterocycles. The fraction of sp³-hybridized carbons (Fsp3) is 0.318. The van der Waals surface area contributed by atoms with E-state index in [2.05, 4.69) is 5.10 Å². The van der Waals surface area contributed by atoms with Crippen molar-refractivity contribution in [3.05, 3.63) is 60.2 Å². The maximum absolute atomic E-state index is 13.1. The Morgan fingerprint density at radius 2 is 1.72 bits per heavy atom. The van der Waals surface area contributed by atoms with Gasteiger partial charge in [-0.3, -0.25) is 0 Å². The molecule has 1 aliphatic carbocycles. The predicted octanol–water partition coefficient (Wildman–Crippen LogP) is 4.43. The molecule has 0 spiro atoms. The van der Waals surface area contributed by atoms with Gasteiger partial charge in [0.25, 0.3) is 10.0 Å². The van der Waals surface area contributed by atoms with E-state index >= 15 is 0 Å². The summed E-state index contributed by atoms with van der Waals surface area (Å²) in [6.07, 6.45) is 6.09. The van der Waals surface area contributed by atoms with Crippen LogP contribution in [0.2, 0.25) is 0 Å². The van der Waals surface area contributed by atoms with Crippen LogP contribution in [0.25, 0.3) is 11.3 Å². The van der Waals surface area contributed by atoms with Crippen molar-refractivity contribution in [3.63, 3.8) is 0 Å². The van der Waals surface area contributed by atoms with Crippen molar-refractivity contribution in [1.29, 1.82) is 0 Å². The number of aromatic nitrogens is 2. The second-order valence-electron chi connectivity index (χ2n) is 7.41. The summed E-state index contributed by atoms with van der Waals surface area (Å²) in [5, 5.41) is 4.27. The molecule has 2 aromatic carbocycles. The van der Waals surface area contributed by atoms with Crippen LogP contribution in [-0.2, 0) is 10.0 Å². The zero-order valence-electron chi connectivity index (χ0n) is 16.4. The number of rotatable bonds is 5. The smallest absolute Gasteiger partial charge is 0.284 e. The van der Waals surface area contributed by atoms with Crippen molar-refractivity contribution in [2.45, 2.75) is 42.9 Å². The fourth-order valence-corrected chi connectivity index (χ4v) is 5.21. The molecule has 0 unspecified atom stereocenters. The number of benzene rings is 2. The van der Waals surface area contributed by atoms with Crippen molar-refractivity contribution in [3.8, 4) is 17.0 Å². The molecule has 29 heavy (non-hydrogen) atoms. The third-order valence-corrected chi connectivity index (χ3v) is 7.18. The minimum Gasteiger partial charge on any atom is -0.496 e. The van der Waals surface area contributed by atoms with Crippen molar-refractivity contribution < 1.29 is 13.2 Å². The summed E-state index contributed by atoms with van der Waals surface area (Å²) in [4.78, 5) is 0.179. The number of nitrogen functional groups attached to an aromatic ring is 1. The summed E-state index contributed by atoms with van der Waals surface area (Å²) in [5.41, 5.74) is 8.35. The first kappa shape index (κ1) is 19.5. The van der Waals surface area contributed by atoms with Gasteiger partial charge in [-0.05, 0) is 48.6 Å². The first-order chi connectivity index (χ1) is 14.0. The van der Waals surface area contributed by atoms with Crippen LogP contribution in [0, 0.1) is 0 Å². The van der Waals surface area contributed by atoms with Crippen molar-refractivity contribution >= 4 is 15.8 Å². The molecule has 4 rings (SSSR count). The third-order valence-electron chi connectivity index (χ3n) is 5.57. The minimum absolute atomic E-state index is 0.0577. The van der Waals surface area contributed by atoms with E-state index in [4.69, 9.17) is 10.5 Å². The SMILES string of the molecule is COc1ccccc1-c1cc(N)n(S(=O)(=O)c2ccc(C3CCCCC3)cc2)n1. The van der Waals surface area contributed by atoms with E-state index in [1.807, 2.05) is 30.3 Å². The van der Waals surface area contributed by atoms with Crippen LogP contribution in [0.3, 0.4) is 0 Å². The number of nitrogens with two attached hydrogens (primary N) is 1. The van der Waals surface area contributed by atoms with Gasteiger partial charge in [0.2, 0.25) is 0 Å². The molecule has 1 fully saturated rings. The van der Waals surface area contributed by atoms with E-state index in [1.165, 1.54) is 37.7 Å². The molecular weight excluding hydrogens is 386 g/mol.